The second-order valence-electron chi connectivity index (χ2n) is 14.3. The quantitative estimate of drug-likeness (QED) is 0.405. The van der Waals surface area contributed by atoms with Crippen LogP contribution in [0.25, 0.3) is 0 Å². The van der Waals surface area contributed by atoms with E-state index in [1.165, 1.54) is 11.1 Å². The third-order valence-electron chi connectivity index (χ3n) is 10.9. The van der Waals surface area contributed by atoms with Gasteiger partial charge < -0.3 is 19.6 Å². The fourth-order valence-electron chi connectivity index (χ4n) is 7.45. The molecule has 2 N–H and O–H groups in total. The van der Waals surface area contributed by atoms with E-state index >= 15 is 0 Å². The number of likely N-dealkylation sites (tertiary alicyclic amines) is 1. The van der Waals surface area contributed by atoms with Crippen LogP contribution in [-0.2, 0) is 27.7 Å². The Morgan fingerprint density at radius 1 is 1.02 bits per heavy atom. The molecule has 0 spiro atoms. The summed E-state index contributed by atoms with van der Waals surface area (Å²) in [6, 6.07) is 11.3. The predicted molar refractivity (Wildman–Crippen MR) is 188 cm³/mol. The number of sulfonamides is 1. The van der Waals surface area contributed by atoms with E-state index in [0.29, 0.717) is 43.7 Å². The molecule has 9 nitrogen and oxygen atoms in total. The van der Waals surface area contributed by atoms with Gasteiger partial charge in [0, 0.05) is 49.6 Å². The van der Waals surface area contributed by atoms with Crippen LogP contribution in [0, 0.1) is 23.7 Å². The zero-order valence-electron chi connectivity index (χ0n) is 27.9. The highest BCUT2D eigenvalue weighted by molar-refractivity contribution is 7.90. The molecule has 0 radical (unpaired) electrons. The third kappa shape index (κ3) is 8.03. The monoisotopic (exact) mass is 697 g/mol. The van der Waals surface area contributed by atoms with Crippen molar-refractivity contribution in [2.75, 3.05) is 37.7 Å². The number of fused-ring (bicyclic) bond motifs is 3. The summed E-state index contributed by atoms with van der Waals surface area (Å²) >= 11 is 6.35. The minimum absolute atomic E-state index is 0.0271. The topological polar surface area (TPSA) is 116 Å². The van der Waals surface area contributed by atoms with Crippen LogP contribution in [0.4, 0.5) is 5.69 Å². The van der Waals surface area contributed by atoms with Crippen molar-refractivity contribution < 1.29 is 27.9 Å². The number of nitrogens with zero attached hydrogens (tertiary/aromatic N) is 2. The lowest BCUT2D eigenvalue weighted by atomic mass is 9.72. The van der Waals surface area contributed by atoms with Gasteiger partial charge in [0.2, 0.25) is 15.9 Å². The van der Waals surface area contributed by atoms with Crippen molar-refractivity contribution >= 4 is 39.1 Å². The number of nitrogens with one attached hydrogen (secondary N) is 1. The highest BCUT2D eigenvalue weighted by Gasteiger charge is 2.35. The molecule has 2 amide bonds. The number of β-amino-alcohol motifs (C(OH)–C–C–N with tert-alkyl or cyclic N) is 1. The summed E-state index contributed by atoms with van der Waals surface area (Å²) in [5, 5.41) is 9.60. The molecular weight excluding hydrogens is 650 g/mol. The van der Waals surface area contributed by atoms with Crippen molar-refractivity contribution in [2.24, 2.45) is 23.7 Å². The first kappa shape index (κ1) is 34.8. The number of benzene rings is 2. The van der Waals surface area contributed by atoms with Crippen molar-refractivity contribution in [1.82, 2.24) is 9.62 Å². The lowest BCUT2D eigenvalue weighted by Crippen LogP contribution is -2.53. The standard InChI is InChI=1S/C37H48ClN3O6S/c1-24-17-26(18-36(43)41-22-33(42)23-41)6-7-27-8-9-31(27)21-40-15-4-3-5-29-19-32(38)12-10-28(29)14-16-47-35-13-11-30(20-34(35)40)37(44)39-48(45,46)25(24)2/h6-7,10-13,19-20,24-27,31,33,42H,3-5,8-9,14-18,21-23H2,1-2H3,(H,39,44)/b7-6+/t24-,25+,26+,27+,31-/m0/s1. The van der Waals surface area contributed by atoms with E-state index in [2.05, 4.69) is 33.9 Å². The molecule has 2 aromatic carbocycles. The second-order valence-corrected chi connectivity index (χ2v) is 16.8. The smallest absolute Gasteiger partial charge is 0.264 e. The molecule has 3 heterocycles. The Labute approximate surface area is 289 Å². The number of anilines is 1. The highest BCUT2D eigenvalue weighted by atomic mass is 35.5. The highest BCUT2D eigenvalue weighted by Crippen LogP contribution is 2.40. The number of rotatable bonds is 2. The maximum atomic E-state index is 13.5. The number of aliphatic hydroxyl groups is 1. The summed E-state index contributed by atoms with van der Waals surface area (Å²) < 4.78 is 35.8. The number of hydrogen-bond acceptors (Lipinski definition) is 7. The molecule has 11 heteroatoms. The summed E-state index contributed by atoms with van der Waals surface area (Å²) in [5.74, 6) is 0.250. The maximum absolute atomic E-state index is 13.5. The number of ether oxygens (including phenoxy) is 1. The molecule has 48 heavy (non-hydrogen) atoms. The van der Waals surface area contributed by atoms with Crippen LogP contribution in [0.5, 0.6) is 5.75 Å². The van der Waals surface area contributed by atoms with E-state index < -0.39 is 27.3 Å². The van der Waals surface area contributed by atoms with Gasteiger partial charge in [-0.2, -0.15) is 0 Å². The zero-order valence-corrected chi connectivity index (χ0v) is 29.5. The van der Waals surface area contributed by atoms with Gasteiger partial charge in [-0.3, -0.25) is 9.59 Å². The zero-order chi connectivity index (χ0) is 34.0. The van der Waals surface area contributed by atoms with Gasteiger partial charge in [0.15, 0.2) is 0 Å². The van der Waals surface area contributed by atoms with Gasteiger partial charge in [-0.15, -0.1) is 0 Å². The molecule has 0 aromatic heterocycles. The molecule has 0 unspecified atom stereocenters. The first-order chi connectivity index (χ1) is 23.0. The Morgan fingerprint density at radius 3 is 2.58 bits per heavy atom. The number of amides is 2. The normalized spacial score (nSPS) is 28.9. The molecule has 1 saturated heterocycles. The minimum Gasteiger partial charge on any atom is -0.491 e. The molecule has 260 valence electrons. The number of carbonyl (C=O) groups is 2. The van der Waals surface area contributed by atoms with Crippen molar-refractivity contribution in [3.8, 4) is 5.75 Å². The summed E-state index contributed by atoms with van der Waals surface area (Å²) in [6.45, 7) is 6.17. The lowest BCUT2D eigenvalue weighted by Gasteiger charge is -2.40. The Hall–Kier alpha value is -3.08. The van der Waals surface area contributed by atoms with Crippen molar-refractivity contribution in [1.29, 1.82) is 0 Å². The molecule has 2 aromatic rings. The SMILES string of the molecule is C[C@@H]1[C@@H](C)C[C@H](CC(=O)N2CC(O)C2)/C=C/[C@@H]2CC[C@H]2CN2CCCCc3cc(Cl)ccc3CCOc3ccc(cc32)C(=O)NS1(=O)=O. The summed E-state index contributed by atoms with van der Waals surface area (Å²) in [7, 11) is -4.02. The molecule has 1 aliphatic carbocycles. The summed E-state index contributed by atoms with van der Waals surface area (Å²) in [5.41, 5.74) is 3.55. The van der Waals surface area contributed by atoms with E-state index in [-0.39, 0.29) is 29.7 Å². The molecule has 5 atom stereocenters. The largest absolute Gasteiger partial charge is 0.491 e. The molecular formula is C37H48ClN3O6S. The summed E-state index contributed by atoms with van der Waals surface area (Å²) in [6.07, 6.45) is 10.3. The molecule has 2 bridgehead atoms. The Bertz CT molecular complexity index is 1640. The molecule has 1 saturated carbocycles. The van der Waals surface area contributed by atoms with Crippen LogP contribution >= 0.6 is 11.6 Å². The fourth-order valence-corrected chi connectivity index (χ4v) is 8.93. The van der Waals surface area contributed by atoms with E-state index in [4.69, 9.17) is 16.3 Å². The van der Waals surface area contributed by atoms with Crippen LogP contribution in [-0.4, -0.2) is 74.4 Å². The van der Waals surface area contributed by atoms with Gasteiger partial charge in [-0.1, -0.05) is 36.7 Å². The summed E-state index contributed by atoms with van der Waals surface area (Å²) in [4.78, 5) is 30.6. The number of carbonyl (C=O) groups excluding carboxylic acids is 2. The van der Waals surface area contributed by atoms with Gasteiger partial charge >= 0.3 is 0 Å². The first-order valence-electron chi connectivity index (χ1n) is 17.5. The number of halogens is 1. The van der Waals surface area contributed by atoms with E-state index in [1.807, 2.05) is 13.0 Å². The minimum atomic E-state index is -4.02. The van der Waals surface area contributed by atoms with Gasteiger partial charge in [-0.05, 0) is 111 Å². The lowest BCUT2D eigenvalue weighted by molar-refractivity contribution is -0.142. The van der Waals surface area contributed by atoms with E-state index in [1.54, 1.807) is 30.0 Å². The number of aryl methyl sites for hydroxylation is 1. The Balaban J connectivity index is 1.31. The Morgan fingerprint density at radius 2 is 1.83 bits per heavy atom. The van der Waals surface area contributed by atoms with E-state index in [9.17, 15) is 23.1 Å². The predicted octanol–water partition coefficient (Wildman–Crippen LogP) is 5.38. The van der Waals surface area contributed by atoms with Crippen molar-refractivity contribution in [3.63, 3.8) is 0 Å². The average Bonchev–Trinajstić information content (AvgIpc) is 3.01. The van der Waals surface area contributed by atoms with E-state index in [0.717, 1.165) is 62.3 Å². The molecule has 3 aliphatic heterocycles. The molecule has 4 aliphatic rings. The van der Waals surface area contributed by atoms with Gasteiger partial charge in [0.1, 0.15) is 5.75 Å². The van der Waals surface area contributed by atoms with Gasteiger partial charge in [0.05, 0.1) is 23.6 Å². The number of hydrogen-bond donors (Lipinski definition) is 2. The number of allylic oxidation sites excluding steroid dienone is 2. The maximum Gasteiger partial charge on any atom is 0.264 e. The van der Waals surface area contributed by atoms with Crippen molar-refractivity contribution in [3.05, 3.63) is 70.3 Å². The molecule has 6 rings (SSSR count). The average molecular weight is 698 g/mol. The first-order valence-corrected chi connectivity index (χ1v) is 19.4. The fraction of sp³-hybridized carbons (Fsp3) is 0.568. The molecule has 2 fully saturated rings. The third-order valence-corrected chi connectivity index (χ3v) is 13.0. The van der Waals surface area contributed by atoms with Gasteiger partial charge in [0.25, 0.3) is 5.91 Å². The second kappa shape index (κ2) is 14.8. The van der Waals surface area contributed by atoms with Crippen molar-refractivity contribution in [2.45, 2.75) is 76.6 Å². The van der Waals surface area contributed by atoms with Crippen LogP contribution in [0.15, 0.2) is 48.6 Å². The Kier molecular flexibility index (Phi) is 10.7. The van der Waals surface area contributed by atoms with Crippen LogP contribution in [0.1, 0.15) is 73.9 Å². The van der Waals surface area contributed by atoms with Crippen LogP contribution in [0.3, 0.4) is 0 Å². The van der Waals surface area contributed by atoms with Crippen LogP contribution < -0.4 is 14.4 Å². The van der Waals surface area contributed by atoms with Crippen LogP contribution in [0.2, 0.25) is 5.02 Å². The van der Waals surface area contributed by atoms with Gasteiger partial charge in [-0.25, -0.2) is 13.1 Å². The number of aliphatic hydroxyl groups excluding tert-OH is 1.